The Morgan fingerprint density at radius 2 is 2.12 bits per heavy atom. The number of nitrogens with zero attached hydrogens (tertiary/aromatic N) is 2. The molecule has 96 valence electrons. The number of nitrogens with one attached hydrogen (secondary N) is 1. The highest BCUT2D eigenvalue weighted by molar-refractivity contribution is 8.00. The summed E-state index contributed by atoms with van der Waals surface area (Å²) in [5.74, 6) is 0.792. The fraction of sp³-hybridized carbons (Fsp3) is 0.818. The summed E-state index contributed by atoms with van der Waals surface area (Å²) in [6.45, 7) is 4.80. The molecular weight excluding hydrogens is 238 g/mol. The van der Waals surface area contributed by atoms with Gasteiger partial charge >= 0.3 is 0 Å². The lowest BCUT2D eigenvalue weighted by molar-refractivity contribution is -0.132. The highest BCUT2D eigenvalue weighted by atomic mass is 32.2. The third-order valence-electron chi connectivity index (χ3n) is 3.27. The van der Waals surface area contributed by atoms with Gasteiger partial charge in [-0.05, 0) is 13.0 Å². The van der Waals surface area contributed by atoms with Crippen molar-refractivity contribution in [1.29, 1.82) is 0 Å². The maximum absolute atomic E-state index is 11.9. The lowest BCUT2D eigenvalue weighted by atomic mass is 10.3. The van der Waals surface area contributed by atoms with E-state index in [1.54, 1.807) is 16.7 Å². The zero-order valence-corrected chi connectivity index (χ0v) is 10.7. The fourth-order valence-electron chi connectivity index (χ4n) is 2.13. The molecule has 1 unspecified atom stereocenters. The Kier molecular flexibility index (Phi) is 4.67. The van der Waals surface area contributed by atoms with Crippen LogP contribution in [0.25, 0.3) is 0 Å². The number of thioether (sulfide) groups is 1. The average Bonchev–Trinajstić information content (AvgIpc) is 2.89. The summed E-state index contributed by atoms with van der Waals surface area (Å²) in [7, 11) is 0. The van der Waals surface area contributed by atoms with E-state index in [0.29, 0.717) is 37.2 Å². The minimum Gasteiger partial charge on any atom is -0.342 e. The SMILES string of the molecule is O=CN1CCN(C(=O)CSC2CCNC2)CC1. The molecule has 1 atom stereocenters. The van der Waals surface area contributed by atoms with E-state index in [2.05, 4.69) is 5.32 Å². The third-order valence-corrected chi connectivity index (χ3v) is 4.56. The standard InChI is InChI=1S/C11H19N3O2S/c15-9-13-3-5-14(6-4-13)11(16)8-17-10-1-2-12-7-10/h9-10,12H,1-8H2. The van der Waals surface area contributed by atoms with Gasteiger partial charge in [-0.3, -0.25) is 9.59 Å². The lowest BCUT2D eigenvalue weighted by Crippen LogP contribution is -2.48. The van der Waals surface area contributed by atoms with Crippen LogP contribution in [0.15, 0.2) is 0 Å². The third kappa shape index (κ3) is 3.61. The molecule has 0 aromatic heterocycles. The van der Waals surface area contributed by atoms with Crippen molar-refractivity contribution in [2.24, 2.45) is 0 Å². The van der Waals surface area contributed by atoms with E-state index in [0.717, 1.165) is 25.9 Å². The van der Waals surface area contributed by atoms with Gasteiger partial charge in [0.05, 0.1) is 5.75 Å². The molecule has 2 amide bonds. The summed E-state index contributed by atoms with van der Waals surface area (Å²) in [5.41, 5.74) is 0. The van der Waals surface area contributed by atoms with Crippen LogP contribution in [0.5, 0.6) is 0 Å². The Labute approximate surface area is 106 Å². The largest absolute Gasteiger partial charge is 0.342 e. The van der Waals surface area contributed by atoms with Gasteiger partial charge in [-0.25, -0.2) is 0 Å². The van der Waals surface area contributed by atoms with E-state index >= 15 is 0 Å². The average molecular weight is 257 g/mol. The Balaban J connectivity index is 1.67. The van der Waals surface area contributed by atoms with Crippen molar-refractivity contribution >= 4 is 24.1 Å². The van der Waals surface area contributed by atoms with Crippen LogP contribution in [0.3, 0.4) is 0 Å². The topological polar surface area (TPSA) is 52.7 Å². The highest BCUT2D eigenvalue weighted by Crippen LogP contribution is 2.18. The zero-order valence-electron chi connectivity index (χ0n) is 9.93. The Morgan fingerprint density at radius 1 is 1.35 bits per heavy atom. The van der Waals surface area contributed by atoms with Gasteiger partial charge in [0.2, 0.25) is 12.3 Å². The second kappa shape index (κ2) is 6.26. The number of rotatable bonds is 4. The number of hydrogen-bond donors (Lipinski definition) is 1. The van der Waals surface area contributed by atoms with Gasteiger partial charge < -0.3 is 15.1 Å². The Bertz CT molecular complexity index is 274. The van der Waals surface area contributed by atoms with Gasteiger partial charge in [-0.2, -0.15) is 0 Å². The molecule has 2 saturated heterocycles. The molecule has 2 aliphatic rings. The molecule has 2 rings (SSSR count). The normalized spacial score (nSPS) is 25.1. The summed E-state index contributed by atoms with van der Waals surface area (Å²) < 4.78 is 0. The summed E-state index contributed by atoms with van der Waals surface area (Å²) >= 11 is 1.76. The van der Waals surface area contributed by atoms with Crippen molar-refractivity contribution in [1.82, 2.24) is 15.1 Å². The van der Waals surface area contributed by atoms with Crippen LogP contribution in [0.4, 0.5) is 0 Å². The second-order valence-electron chi connectivity index (χ2n) is 4.45. The van der Waals surface area contributed by atoms with E-state index in [-0.39, 0.29) is 5.91 Å². The predicted molar refractivity (Wildman–Crippen MR) is 67.9 cm³/mol. The molecule has 0 saturated carbocycles. The van der Waals surface area contributed by atoms with Gasteiger partial charge in [0, 0.05) is 38.0 Å². The van der Waals surface area contributed by atoms with Crippen LogP contribution in [-0.2, 0) is 9.59 Å². The van der Waals surface area contributed by atoms with Crippen molar-refractivity contribution in [2.75, 3.05) is 45.0 Å². The van der Waals surface area contributed by atoms with Crippen molar-refractivity contribution in [3.63, 3.8) is 0 Å². The first-order chi connectivity index (χ1) is 8.29. The van der Waals surface area contributed by atoms with Crippen molar-refractivity contribution in [2.45, 2.75) is 11.7 Å². The lowest BCUT2D eigenvalue weighted by Gasteiger charge is -2.32. The molecule has 0 aliphatic carbocycles. The summed E-state index contributed by atoms with van der Waals surface area (Å²) in [4.78, 5) is 26.1. The van der Waals surface area contributed by atoms with Gasteiger partial charge in [0.15, 0.2) is 0 Å². The number of carbonyl (C=O) groups is 2. The van der Waals surface area contributed by atoms with Gasteiger partial charge in [0.1, 0.15) is 0 Å². The molecule has 0 aromatic rings. The molecule has 2 aliphatic heterocycles. The Hall–Kier alpha value is -0.750. The first-order valence-electron chi connectivity index (χ1n) is 6.09. The first kappa shape index (κ1) is 12.7. The monoisotopic (exact) mass is 257 g/mol. The molecular formula is C11H19N3O2S. The second-order valence-corrected chi connectivity index (χ2v) is 5.74. The molecule has 2 fully saturated rings. The smallest absolute Gasteiger partial charge is 0.232 e. The predicted octanol–water partition coefficient (Wildman–Crippen LogP) is -0.618. The molecule has 0 radical (unpaired) electrons. The molecule has 6 heteroatoms. The van der Waals surface area contributed by atoms with Crippen LogP contribution in [-0.4, -0.2) is 72.4 Å². The van der Waals surface area contributed by atoms with Crippen LogP contribution in [0.2, 0.25) is 0 Å². The van der Waals surface area contributed by atoms with Gasteiger partial charge in [0.25, 0.3) is 0 Å². The van der Waals surface area contributed by atoms with Crippen molar-refractivity contribution < 1.29 is 9.59 Å². The quantitative estimate of drug-likeness (QED) is 0.682. The maximum Gasteiger partial charge on any atom is 0.232 e. The molecule has 5 nitrogen and oxygen atoms in total. The highest BCUT2D eigenvalue weighted by Gasteiger charge is 2.22. The number of amides is 2. The van der Waals surface area contributed by atoms with Gasteiger partial charge in [-0.1, -0.05) is 0 Å². The molecule has 0 spiro atoms. The van der Waals surface area contributed by atoms with Crippen molar-refractivity contribution in [3.05, 3.63) is 0 Å². The Morgan fingerprint density at radius 3 is 2.71 bits per heavy atom. The number of hydrogen-bond acceptors (Lipinski definition) is 4. The molecule has 0 bridgehead atoms. The van der Waals surface area contributed by atoms with E-state index in [1.807, 2.05) is 4.90 Å². The van der Waals surface area contributed by atoms with E-state index in [4.69, 9.17) is 0 Å². The zero-order chi connectivity index (χ0) is 12.1. The molecule has 2 heterocycles. The minimum absolute atomic E-state index is 0.215. The van der Waals surface area contributed by atoms with E-state index in [9.17, 15) is 9.59 Å². The van der Waals surface area contributed by atoms with Crippen LogP contribution >= 0.6 is 11.8 Å². The molecule has 17 heavy (non-hydrogen) atoms. The number of carbonyl (C=O) groups excluding carboxylic acids is 2. The van der Waals surface area contributed by atoms with Crippen LogP contribution in [0.1, 0.15) is 6.42 Å². The van der Waals surface area contributed by atoms with E-state index < -0.39 is 0 Å². The molecule has 0 aromatic carbocycles. The van der Waals surface area contributed by atoms with Crippen LogP contribution < -0.4 is 5.32 Å². The first-order valence-corrected chi connectivity index (χ1v) is 7.14. The van der Waals surface area contributed by atoms with E-state index in [1.165, 1.54) is 0 Å². The van der Waals surface area contributed by atoms with Crippen molar-refractivity contribution in [3.8, 4) is 0 Å². The molecule has 1 N–H and O–H groups in total. The summed E-state index contributed by atoms with van der Waals surface area (Å²) in [6, 6.07) is 0. The maximum atomic E-state index is 11.9. The fourth-order valence-corrected chi connectivity index (χ4v) is 3.21. The summed E-state index contributed by atoms with van der Waals surface area (Å²) in [6.07, 6.45) is 2.03. The summed E-state index contributed by atoms with van der Waals surface area (Å²) in [5, 5.41) is 3.89. The minimum atomic E-state index is 0.215. The number of piperazine rings is 1. The van der Waals surface area contributed by atoms with Gasteiger partial charge in [-0.15, -0.1) is 11.8 Å². The van der Waals surface area contributed by atoms with Crippen LogP contribution in [0, 0.1) is 0 Å².